The van der Waals surface area contributed by atoms with Crippen molar-refractivity contribution >= 4 is 0 Å². The number of ether oxygens (including phenoxy) is 1. The van der Waals surface area contributed by atoms with E-state index in [1.54, 1.807) is 0 Å². The maximum atomic E-state index is 8.90. The van der Waals surface area contributed by atoms with Gasteiger partial charge in [0.1, 0.15) is 0 Å². The maximum absolute atomic E-state index is 8.90. The molecule has 1 N–H and O–H groups in total. The van der Waals surface area contributed by atoms with E-state index in [2.05, 4.69) is 18.7 Å². The highest BCUT2D eigenvalue weighted by molar-refractivity contribution is 4.69. The Morgan fingerprint density at radius 3 is 2.71 bits per heavy atom. The van der Waals surface area contributed by atoms with Gasteiger partial charge < -0.3 is 9.84 Å². The third-order valence-corrected chi connectivity index (χ3v) is 2.88. The number of nitrogens with zero attached hydrogens (tertiary/aromatic N) is 1. The second-order valence-electron chi connectivity index (χ2n) is 4.28. The number of aliphatic hydroxyl groups excluding tert-OH is 1. The molecule has 0 bridgehead atoms. The lowest BCUT2D eigenvalue weighted by Gasteiger charge is -2.26. The van der Waals surface area contributed by atoms with Crippen molar-refractivity contribution in [1.82, 2.24) is 4.90 Å². The number of rotatable bonds is 6. The molecule has 0 spiro atoms. The van der Waals surface area contributed by atoms with Gasteiger partial charge in [-0.05, 0) is 33.1 Å². The van der Waals surface area contributed by atoms with Gasteiger partial charge in [-0.3, -0.25) is 4.90 Å². The average molecular weight is 201 g/mol. The molecule has 0 aromatic heterocycles. The van der Waals surface area contributed by atoms with E-state index in [-0.39, 0.29) is 6.61 Å². The van der Waals surface area contributed by atoms with Crippen LogP contribution in [0.5, 0.6) is 0 Å². The minimum Gasteiger partial charge on any atom is -0.395 e. The van der Waals surface area contributed by atoms with Crippen LogP contribution in [0.4, 0.5) is 0 Å². The van der Waals surface area contributed by atoms with Crippen LogP contribution in [0.1, 0.15) is 33.1 Å². The van der Waals surface area contributed by atoms with Crippen LogP contribution in [0.3, 0.4) is 0 Å². The van der Waals surface area contributed by atoms with E-state index >= 15 is 0 Å². The topological polar surface area (TPSA) is 32.7 Å². The lowest BCUT2D eigenvalue weighted by Crippen LogP contribution is -2.35. The Morgan fingerprint density at radius 1 is 1.43 bits per heavy atom. The van der Waals surface area contributed by atoms with Crippen molar-refractivity contribution in [1.29, 1.82) is 0 Å². The summed E-state index contributed by atoms with van der Waals surface area (Å²) in [5, 5.41) is 8.90. The maximum Gasteiger partial charge on any atom is 0.0588 e. The molecule has 84 valence electrons. The van der Waals surface area contributed by atoms with Gasteiger partial charge in [0, 0.05) is 25.7 Å². The molecular formula is C11H23NO2. The van der Waals surface area contributed by atoms with E-state index in [0.29, 0.717) is 12.1 Å². The monoisotopic (exact) mass is 201 g/mol. The first kappa shape index (κ1) is 12.0. The predicted molar refractivity (Wildman–Crippen MR) is 57.4 cm³/mol. The summed E-state index contributed by atoms with van der Waals surface area (Å²) in [6.07, 6.45) is 4.00. The lowest BCUT2D eigenvalue weighted by atomic mass is 10.1. The summed E-state index contributed by atoms with van der Waals surface area (Å²) in [5.74, 6) is 0. The molecule has 1 heterocycles. The zero-order valence-electron chi connectivity index (χ0n) is 9.41. The Kier molecular flexibility index (Phi) is 5.45. The van der Waals surface area contributed by atoms with Gasteiger partial charge in [0.15, 0.2) is 0 Å². The molecule has 14 heavy (non-hydrogen) atoms. The molecule has 1 saturated heterocycles. The zero-order valence-corrected chi connectivity index (χ0v) is 9.41. The Morgan fingerprint density at radius 2 is 2.21 bits per heavy atom. The van der Waals surface area contributed by atoms with Crippen LogP contribution in [-0.4, -0.2) is 48.5 Å². The summed E-state index contributed by atoms with van der Waals surface area (Å²) in [6.45, 7) is 7.36. The molecule has 1 rings (SSSR count). The van der Waals surface area contributed by atoms with Gasteiger partial charge in [-0.2, -0.15) is 0 Å². The fourth-order valence-electron chi connectivity index (χ4n) is 1.94. The summed E-state index contributed by atoms with van der Waals surface area (Å²) in [6, 6.07) is 0.517. The van der Waals surface area contributed by atoms with Crippen LogP contribution in [0.2, 0.25) is 0 Å². The molecule has 1 unspecified atom stereocenters. The fourth-order valence-corrected chi connectivity index (χ4v) is 1.94. The summed E-state index contributed by atoms with van der Waals surface area (Å²) in [7, 11) is 0. The third-order valence-electron chi connectivity index (χ3n) is 2.88. The zero-order chi connectivity index (χ0) is 10.4. The van der Waals surface area contributed by atoms with Gasteiger partial charge in [0.05, 0.1) is 12.7 Å². The van der Waals surface area contributed by atoms with Crippen molar-refractivity contribution in [2.45, 2.75) is 45.3 Å². The Bertz CT molecular complexity index is 144. The summed E-state index contributed by atoms with van der Waals surface area (Å²) in [5.41, 5.74) is 0. The Hall–Kier alpha value is -0.120. The first-order valence-corrected chi connectivity index (χ1v) is 5.70. The van der Waals surface area contributed by atoms with Crippen molar-refractivity contribution in [3.05, 3.63) is 0 Å². The second-order valence-corrected chi connectivity index (χ2v) is 4.28. The molecule has 0 saturated carbocycles. The molecule has 0 aliphatic carbocycles. The third kappa shape index (κ3) is 3.95. The molecule has 0 aromatic rings. The smallest absolute Gasteiger partial charge is 0.0588 e. The van der Waals surface area contributed by atoms with Crippen LogP contribution in [0.15, 0.2) is 0 Å². The van der Waals surface area contributed by atoms with Crippen LogP contribution in [-0.2, 0) is 4.74 Å². The van der Waals surface area contributed by atoms with Crippen molar-refractivity contribution < 1.29 is 9.84 Å². The van der Waals surface area contributed by atoms with Crippen molar-refractivity contribution in [2.75, 3.05) is 26.3 Å². The fraction of sp³-hybridized carbons (Fsp3) is 1.00. The van der Waals surface area contributed by atoms with E-state index < -0.39 is 0 Å². The SMILES string of the molecule is CC(C)N(CCO)CCC1CCCO1. The van der Waals surface area contributed by atoms with E-state index in [9.17, 15) is 0 Å². The van der Waals surface area contributed by atoms with E-state index in [1.165, 1.54) is 12.8 Å². The number of hydrogen-bond donors (Lipinski definition) is 1. The van der Waals surface area contributed by atoms with Crippen LogP contribution < -0.4 is 0 Å². The highest BCUT2D eigenvalue weighted by Crippen LogP contribution is 2.16. The summed E-state index contributed by atoms with van der Waals surface area (Å²) >= 11 is 0. The predicted octanol–water partition coefficient (Wildman–Crippen LogP) is 1.26. The first-order chi connectivity index (χ1) is 6.74. The van der Waals surface area contributed by atoms with Gasteiger partial charge in [-0.15, -0.1) is 0 Å². The van der Waals surface area contributed by atoms with Gasteiger partial charge in [-0.1, -0.05) is 0 Å². The second kappa shape index (κ2) is 6.38. The number of aliphatic hydroxyl groups is 1. The first-order valence-electron chi connectivity index (χ1n) is 5.70. The van der Waals surface area contributed by atoms with Gasteiger partial charge in [0.25, 0.3) is 0 Å². The largest absolute Gasteiger partial charge is 0.395 e. The standard InChI is InChI=1S/C11H23NO2/c1-10(2)12(7-8-13)6-5-11-4-3-9-14-11/h10-11,13H,3-9H2,1-2H3. The Balaban J connectivity index is 2.17. The molecule has 1 atom stereocenters. The summed E-state index contributed by atoms with van der Waals surface area (Å²) < 4.78 is 5.57. The molecule has 3 nitrogen and oxygen atoms in total. The van der Waals surface area contributed by atoms with Crippen molar-refractivity contribution in [3.63, 3.8) is 0 Å². The normalized spacial score (nSPS) is 22.5. The molecule has 3 heteroatoms. The molecule has 1 aliphatic heterocycles. The average Bonchev–Trinajstić information content (AvgIpc) is 2.64. The van der Waals surface area contributed by atoms with Gasteiger partial charge in [0.2, 0.25) is 0 Å². The van der Waals surface area contributed by atoms with Crippen LogP contribution >= 0.6 is 0 Å². The molecule has 1 fully saturated rings. The quantitative estimate of drug-likeness (QED) is 0.702. The summed E-state index contributed by atoms with van der Waals surface area (Å²) in [4.78, 5) is 2.31. The molecule has 0 aromatic carbocycles. The molecule has 0 radical (unpaired) electrons. The van der Waals surface area contributed by atoms with E-state index in [4.69, 9.17) is 9.84 Å². The van der Waals surface area contributed by atoms with Crippen LogP contribution in [0.25, 0.3) is 0 Å². The minimum atomic E-state index is 0.254. The highest BCUT2D eigenvalue weighted by atomic mass is 16.5. The molecule has 0 amide bonds. The van der Waals surface area contributed by atoms with E-state index in [0.717, 1.165) is 26.1 Å². The Labute approximate surface area is 87.1 Å². The van der Waals surface area contributed by atoms with Crippen molar-refractivity contribution in [3.8, 4) is 0 Å². The van der Waals surface area contributed by atoms with Gasteiger partial charge >= 0.3 is 0 Å². The molecular weight excluding hydrogens is 178 g/mol. The minimum absolute atomic E-state index is 0.254. The lowest BCUT2D eigenvalue weighted by molar-refractivity contribution is 0.0821. The van der Waals surface area contributed by atoms with Crippen LogP contribution in [0, 0.1) is 0 Å². The molecule has 1 aliphatic rings. The number of hydrogen-bond acceptors (Lipinski definition) is 3. The highest BCUT2D eigenvalue weighted by Gasteiger charge is 2.17. The van der Waals surface area contributed by atoms with Crippen molar-refractivity contribution in [2.24, 2.45) is 0 Å². The van der Waals surface area contributed by atoms with Gasteiger partial charge in [-0.25, -0.2) is 0 Å². The van der Waals surface area contributed by atoms with E-state index in [1.807, 2.05) is 0 Å².